The maximum absolute atomic E-state index is 11.2. The van der Waals surface area contributed by atoms with E-state index in [1.165, 1.54) is 0 Å². The average molecular weight is 773 g/mol. The molecule has 0 radical (unpaired) electrons. The van der Waals surface area contributed by atoms with Gasteiger partial charge < -0.3 is 14.7 Å². The van der Waals surface area contributed by atoms with Crippen molar-refractivity contribution < 1.29 is 9.53 Å². The Morgan fingerprint density at radius 1 is 0.554 bits per heavy atom. The molecular weight excluding hydrogens is 745 g/mol. The fraction of sp³-hybridized carbons (Fsp3) is 0.0465. The zero-order valence-electron chi connectivity index (χ0n) is 29.2. The van der Waals surface area contributed by atoms with Crippen LogP contribution in [0.4, 0.5) is 10.5 Å². The summed E-state index contributed by atoms with van der Waals surface area (Å²) in [6.45, 7) is 0.0130. The molecule has 3 aromatic heterocycles. The Morgan fingerprint density at radius 3 is 1.36 bits per heavy atom. The summed E-state index contributed by atoms with van der Waals surface area (Å²) < 4.78 is 4.76. The fourth-order valence-corrected chi connectivity index (χ4v) is 6.80. The van der Waals surface area contributed by atoms with E-state index in [2.05, 4.69) is 27.1 Å². The molecule has 2 aliphatic rings. The van der Waals surface area contributed by atoms with Gasteiger partial charge in [0.25, 0.3) is 0 Å². The van der Waals surface area contributed by atoms with Crippen molar-refractivity contribution in [2.75, 3.05) is 17.8 Å². The molecule has 2 aliphatic heterocycles. The molecule has 0 saturated carbocycles. The van der Waals surface area contributed by atoms with Crippen LogP contribution in [0.15, 0.2) is 121 Å². The average Bonchev–Trinajstić information content (AvgIpc) is 3.96. The molecule has 0 fully saturated rings. The predicted molar refractivity (Wildman–Crippen MR) is 221 cm³/mol. The zero-order valence-corrected chi connectivity index (χ0v) is 30.7. The highest BCUT2D eigenvalue weighted by Crippen LogP contribution is 2.36. The van der Waals surface area contributed by atoms with E-state index >= 15 is 0 Å². The number of alkyl halides is 1. The van der Waals surface area contributed by atoms with E-state index in [0.29, 0.717) is 56.6 Å². The summed E-state index contributed by atoms with van der Waals surface area (Å²) in [5.74, 6) is 7.75. The maximum Gasteiger partial charge on any atom is 0.412 e. The molecule has 0 spiro atoms. The number of amides is 1. The van der Waals surface area contributed by atoms with Crippen LogP contribution in [0.25, 0.3) is 89.7 Å². The molecule has 270 valence electrons. The highest BCUT2D eigenvalue weighted by atomic mass is 35.5. The number of nitrogens with zero attached hydrogens (tertiary/aromatic N) is 6. The lowest BCUT2D eigenvalue weighted by Crippen LogP contribution is -2.13. The van der Waals surface area contributed by atoms with E-state index < -0.39 is 6.09 Å². The van der Waals surface area contributed by atoms with Gasteiger partial charge in [0.15, 0.2) is 29.9 Å². The number of halogens is 2. The second-order valence-corrected chi connectivity index (χ2v) is 13.2. The highest BCUT2D eigenvalue weighted by molar-refractivity contribution is 6.30. The van der Waals surface area contributed by atoms with Crippen molar-refractivity contribution in [3.63, 3.8) is 0 Å². The Bertz CT molecular complexity index is 2760. The summed E-state index contributed by atoms with van der Waals surface area (Å²) in [6, 6.07) is 39.0. The molecule has 5 heterocycles. The van der Waals surface area contributed by atoms with Gasteiger partial charge in [-0.1, -0.05) is 127 Å². The third-order valence-corrected chi connectivity index (χ3v) is 9.37. The van der Waals surface area contributed by atoms with Gasteiger partial charge in [-0.2, -0.15) is 0 Å². The van der Waals surface area contributed by atoms with Crippen molar-refractivity contribution in [1.29, 1.82) is 0 Å². The lowest BCUT2D eigenvalue weighted by atomic mass is 10.1. The van der Waals surface area contributed by atoms with Gasteiger partial charge in [0, 0.05) is 54.5 Å². The third-order valence-electron chi connectivity index (χ3n) is 9.00. The van der Waals surface area contributed by atoms with E-state index in [-0.39, 0.29) is 12.5 Å². The summed E-state index contributed by atoms with van der Waals surface area (Å²) in [5.41, 5.74) is 7.02. The monoisotopic (exact) mass is 771 g/mol. The smallest absolute Gasteiger partial charge is 0.412 e. The molecule has 3 N–H and O–H groups in total. The first kappa shape index (κ1) is 34.6. The first-order valence-corrected chi connectivity index (χ1v) is 18.3. The molecule has 1 amide bonds. The first-order valence-electron chi connectivity index (χ1n) is 17.4. The fourth-order valence-electron chi connectivity index (χ4n) is 6.51. The summed E-state index contributed by atoms with van der Waals surface area (Å²) in [5, 5.41) is 6.88. The molecular formula is C43H27Cl2N9O2. The zero-order chi connectivity index (χ0) is 38.0. The van der Waals surface area contributed by atoms with Gasteiger partial charge in [-0.3, -0.25) is 5.32 Å². The van der Waals surface area contributed by atoms with Crippen LogP contribution in [0.3, 0.4) is 0 Å². The molecule has 0 unspecified atom stereocenters. The molecule has 0 atom stereocenters. The second-order valence-electron chi connectivity index (χ2n) is 12.5. The van der Waals surface area contributed by atoms with Gasteiger partial charge in [-0.15, -0.1) is 11.6 Å². The van der Waals surface area contributed by atoms with E-state index in [0.717, 1.165) is 43.8 Å². The molecule has 10 rings (SSSR count). The summed E-state index contributed by atoms with van der Waals surface area (Å²) in [6.07, 6.45) is -0.578. The minimum absolute atomic E-state index is 0.0130. The second kappa shape index (κ2) is 14.9. The number of anilines is 1. The van der Waals surface area contributed by atoms with Gasteiger partial charge >= 0.3 is 6.09 Å². The Labute approximate surface area is 328 Å². The standard InChI is InChI=1S/C32H18N8.C11H9Cl2NO2/c1-2-10-18-17(9-1)25-33-26(18)38-28-21-13-5-6-14-22(21)30(35-28)40-32-24-16-8-7-15-23(24)31(36-32)39-29-20-12-4-3-11-19(20)27(34-29)37-25;12-6-1-2-7-16-11(15)14-10-5-3-4-9(13)8-10/h1-16H,(H2,33,34,35,36,37,38,39,40);3-5,8H,6-7H2,(H,14,15). The van der Waals surface area contributed by atoms with Crippen LogP contribution in [-0.2, 0) is 4.74 Å². The Hall–Kier alpha value is -7.13. The van der Waals surface area contributed by atoms with E-state index in [1.54, 1.807) is 24.3 Å². The first-order chi connectivity index (χ1) is 27.5. The van der Waals surface area contributed by atoms with Crippen LogP contribution in [0.5, 0.6) is 0 Å². The minimum Gasteiger partial charge on any atom is -0.436 e. The van der Waals surface area contributed by atoms with Gasteiger partial charge in [-0.05, 0) is 18.2 Å². The van der Waals surface area contributed by atoms with Gasteiger partial charge in [0.2, 0.25) is 0 Å². The van der Waals surface area contributed by atoms with E-state index in [4.69, 9.17) is 57.8 Å². The van der Waals surface area contributed by atoms with Crippen molar-refractivity contribution in [2.45, 2.75) is 0 Å². The number of hydrogen-bond donors (Lipinski definition) is 3. The number of nitrogens with one attached hydrogen (secondary N) is 3. The highest BCUT2D eigenvalue weighted by Gasteiger charge is 2.21. The summed E-state index contributed by atoms with van der Waals surface area (Å²) in [7, 11) is 0. The van der Waals surface area contributed by atoms with Crippen molar-refractivity contribution in [3.05, 3.63) is 126 Å². The van der Waals surface area contributed by atoms with Crippen LogP contribution in [0.1, 0.15) is 0 Å². The normalized spacial score (nSPS) is 11.1. The number of aromatic nitrogens is 8. The van der Waals surface area contributed by atoms with E-state index in [1.807, 2.05) is 97.1 Å². The number of H-pyrrole nitrogens is 2. The molecule has 0 saturated heterocycles. The number of carbonyl (C=O) groups is 1. The molecule has 13 heteroatoms. The van der Waals surface area contributed by atoms with Gasteiger partial charge in [-0.25, -0.2) is 34.7 Å². The topological polar surface area (TPSA) is 147 Å². The van der Waals surface area contributed by atoms with Crippen LogP contribution < -0.4 is 5.32 Å². The van der Waals surface area contributed by atoms with Crippen LogP contribution in [0, 0.1) is 11.8 Å². The van der Waals surface area contributed by atoms with Crippen LogP contribution >= 0.6 is 23.2 Å². The molecule has 5 aromatic carbocycles. The molecule has 8 bridgehead atoms. The van der Waals surface area contributed by atoms with Crippen molar-refractivity contribution in [3.8, 4) is 57.4 Å². The van der Waals surface area contributed by atoms with E-state index in [9.17, 15) is 4.79 Å². The SMILES string of the molecule is O=C(Nc1cccc(Cl)c1)OCC#CCCl.c1ccc2c(c1)-c1nc-2nc2[nH]c(nc3nc(nc4[nH]c(n1)c1ccccc41)-c1ccccc1-3)c1ccccc21. The quantitative estimate of drug-likeness (QED) is 0.116. The molecule has 11 nitrogen and oxygen atoms in total. The number of aromatic amines is 2. The van der Waals surface area contributed by atoms with Crippen molar-refractivity contribution in [2.24, 2.45) is 0 Å². The molecule has 56 heavy (non-hydrogen) atoms. The largest absolute Gasteiger partial charge is 0.436 e. The van der Waals surface area contributed by atoms with Crippen LogP contribution in [0.2, 0.25) is 5.02 Å². The number of benzene rings is 5. The molecule has 0 aliphatic carbocycles. The summed E-state index contributed by atoms with van der Waals surface area (Å²) in [4.78, 5) is 48.0. The number of carbonyl (C=O) groups excluding carboxylic acids is 1. The Balaban J connectivity index is 0.000000218. The molecule has 8 aromatic rings. The van der Waals surface area contributed by atoms with Crippen molar-refractivity contribution >= 4 is 79.1 Å². The third kappa shape index (κ3) is 6.75. The summed E-state index contributed by atoms with van der Waals surface area (Å²) >= 11 is 11.1. The predicted octanol–water partition coefficient (Wildman–Crippen LogP) is 10.00. The number of hydrogen-bond acceptors (Lipinski definition) is 8. The maximum atomic E-state index is 11.2. The Kier molecular flexibility index (Phi) is 9.24. The minimum atomic E-state index is -0.578. The number of fused-ring (bicyclic) bond motifs is 20. The van der Waals surface area contributed by atoms with Crippen molar-refractivity contribution in [1.82, 2.24) is 39.9 Å². The Morgan fingerprint density at radius 2 is 0.964 bits per heavy atom. The number of ether oxygens (including phenoxy) is 1. The van der Waals surface area contributed by atoms with Crippen LogP contribution in [-0.4, -0.2) is 58.5 Å². The number of rotatable bonds is 2. The van der Waals surface area contributed by atoms with Gasteiger partial charge in [0.05, 0.1) is 5.88 Å². The lowest BCUT2D eigenvalue weighted by Gasteiger charge is -2.04. The lowest BCUT2D eigenvalue weighted by molar-refractivity contribution is 0.176. The van der Waals surface area contributed by atoms with Gasteiger partial charge in [0.1, 0.15) is 22.6 Å².